The van der Waals surface area contributed by atoms with Crippen LogP contribution in [0.25, 0.3) is 0 Å². The average molecular weight is 255 g/mol. The molecule has 17 heavy (non-hydrogen) atoms. The summed E-state index contributed by atoms with van der Waals surface area (Å²) in [4.78, 5) is 24.7. The van der Waals surface area contributed by atoms with E-state index in [0.717, 1.165) is 6.42 Å². The van der Waals surface area contributed by atoms with E-state index in [0.29, 0.717) is 5.75 Å². The van der Waals surface area contributed by atoms with Crippen LogP contribution in [-0.4, -0.2) is 39.1 Å². The summed E-state index contributed by atoms with van der Waals surface area (Å²) in [7, 11) is 0. The van der Waals surface area contributed by atoms with Crippen LogP contribution in [0.3, 0.4) is 0 Å². The topological polar surface area (TPSA) is 70.8 Å². The molecule has 1 aliphatic rings. The number of thioether (sulfide) groups is 1. The zero-order valence-electron chi connectivity index (χ0n) is 9.33. The minimum atomic E-state index is -0.964. The average Bonchev–Trinajstić information content (AvgIpc) is 2.96. The normalized spacial score (nSPS) is 23.9. The Morgan fingerprint density at radius 2 is 2.41 bits per heavy atom. The van der Waals surface area contributed by atoms with Crippen LogP contribution in [0.1, 0.15) is 23.9 Å². The van der Waals surface area contributed by atoms with Crippen molar-refractivity contribution < 1.29 is 19.1 Å². The number of carbonyl (C=O) groups is 2. The van der Waals surface area contributed by atoms with Gasteiger partial charge < -0.3 is 14.4 Å². The van der Waals surface area contributed by atoms with Gasteiger partial charge in [0.2, 0.25) is 0 Å². The number of hydrogen-bond donors (Lipinski definition) is 1. The number of carbonyl (C=O) groups excluding carboxylic acids is 1. The molecule has 2 rings (SSSR count). The number of rotatable bonds is 3. The zero-order valence-corrected chi connectivity index (χ0v) is 10.1. The number of carboxylic acid groups (broad SMARTS) is 1. The van der Waals surface area contributed by atoms with Crippen LogP contribution in [0, 0.1) is 0 Å². The van der Waals surface area contributed by atoms with Crippen molar-refractivity contribution in [1.82, 2.24) is 4.90 Å². The molecule has 0 spiro atoms. The molecule has 1 saturated heterocycles. The Morgan fingerprint density at radius 1 is 1.65 bits per heavy atom. The van der Waals surface area contributed by atoms with Gasteiger partial charge in [0.15, 0.2) is 5.76 Å². The molecule has 1 amide bonds. The fraction of sp³-hybridized carbons (Fsp3) is 0.455. The fourth-order valence-electron chi connectivity index (χ4n) is 1.87. The Labute approximate surface area is 103 Å². The third kappa shape index (κ3) is 2.17. The Balaban J connectivity index is 2.25. The van der Waals surface area contributed by atoms with Crippen molar-refractivity contribution in [2.24, 2.45) is 0 Å². The predicted molar refractivity (Wildman–Crippen MR) is 62.8 cm³/mol. The van der Waals surface area contributed by atoms with E-state index < -0.39 is 12.0 Å². The first-order chi connectivity index (χ1) is 8.15. The standard InChI is InChI=1S/C11H13NO4S/c1-2-9-12(7(6-17-9)11(14)15)10(13)8-4-3-5-16-8/h3-5,7,9H,2,6H2,1H3,(H,14,15). The van der Waals surface area contributed by atoms with Crippen molar-refractivity contribution in [3.8, 4) is 0 Å². The lowest BCUT2D eigenvalue weighted by Gasteiger charge is -2.25. The van der Waals surface area contributed by atoms with Gasteiger partial charge in [-0.05, 0) is 18.6 Å². The van der Waals surface area contributed by atoms with E-state index in [1.54, 1.807) is 12.1 Å². The molecule has 0 bridgehead atoms. The van der Waals surface area contributed by atoms with E-state index in [9.17, 15) is 9.59 Å². The lowest BCUT2D eigenvalue weighted by molar-refractivity contribution is -0.141. The molecular formula is C11H13NO4S. The van der Waals surface area contributed by atoms with Gasteiger partial charge in [-0.3, -0.25) is 4.79 Å². The lowest BCUT2D eigenvalue weighted by atomic mass is 10.2. The van der Waals surface area contributed by atoms with Crippen molar-refractivity contribution in [3.63, 3.8) is 0 Å². The lowest BCUT2D eigenvalue weighted by Crippen LogP contribution is -2.45. The number of carboxylic acids is 1. The highest BCUT2D eigenvalue weighted by molar-refractivity contribution is 8.00. The Bertz CT molecular complexity index is 417. The summed E-state index contributed by atoms with van der Waals surface area (Å²) < 4.78 is 5.04. The van der Waals surface area contributed by atoms with Crippen molar-refractivity contribution >= 4 is 23.6 Å². The van der Waals surface area contributed by atoms with Crippen LogP contribution in [0.4, 0.5) is 0 Å². The van der Waals surface area contributed by atoms with Crippen LogP contribution in [0.15, 0.2) is 22.8 Å². The summed E-state index contributed by atoms with van der Waals surface area (Å²) in [5, 5.41) is 9.02. The molecule has 1 fully saturated rings. The van der Waals surface area contributed by atoms with Gasteiger partial charge in [0, 0.05) is 5.75 Å². The molecule has 1 aromatic rings. The third-order valence-corrected chi connectivity index (χ3v) is 4.15. The molecule has 6 heteroatoms. The Hall–Kier alpha value is -1.43. The van der Waals surface area contributed by atoms with Gasteiger partial charge in [0.1, 0.15) is 6.04 Å². The van der Waals surface area contributed by atoms with Crippen molar-refractivity contribution in [2.45, 2.75) is 24.8 Å². The first-order valence-electron chi connectivity index (χ1n) is 5.35. The van der Waals surface area contributed by atoms with Crippen LogP contribution >= 0.6 is 11.8 Å². The largest absolute Gasteiger partial charge is 0.480 e. The summed E-state index contributed by atoms with van der Waals surface area (Å²) in [6.07, 6.45) is 2.13. The maximum absolute atomic E-state index is 12.1. The first-order valence-corrected chi connectivity index (χ1v) is 6.40. The van der Waals surface area contributed by atoms with Crippen LogP contribution in [-0.2, 0) is 4.79 Å². The molecule has 0 aliphatic carbocycles. The molecule has 92 valence electrons. The Kier molecular flexibility index (Phi) is 3.42. The number of hydrogen-bond acceptors (Lipinski definition) is 4. The van der Waals surface area contributed by atoms with E-state index >= 15 is 0 Å². The highest BCUT2D eigenvalue weighted by Crippen LogP contribution is 2.32. The first kappa shape index (κ1) is 12.0. The van der Waals surface area contributed by atoms with Gasteiger partial charge in [-0.15, -0.1) is 11.8 Å². The number of amides is 1. The second kappa shape index (κ2) is 4.83. The maximum Gasteiger partial charge on any atom is 0.327 e. The molecule has 0 saturated carbocycles. The molecule has 2 atom stereocenters. The van der Waals surface area contributed by atoms with Crippen molar-refractivity contribution in [3.05, 3.63) is 24.2 Å². The van der Waals surface area contributed by atoms with Gasteiger partial charge in [-0.25, -0.2) is 4.79 Å². The van der Waals surface area contributed by atoms with E-state index in [4.69, 9.17) is 9.52 Å². The molecule has 5 nitrogen and oxygen atoms in total. The maximum atomic E-state index is 12.1. The van der Waals surface area contributed by atoms with Crippen LogP contribution in [0.5, 0.6) is 0 Å². The number of aliphatic carboxylic acids is 1. The molecule has 0 aromatic carbocycles. The minimum Gasteiger partial charge on any atom is -0.480 e. The summed E-state index contributed by atoms with van der Waals surface area (Å²) in [5.74, 6) is -0.690. The number of furan rings is 1. The molecule has 1 N–H and O–H groups in total. The zero-order chi connectivity index (χ0) is 12.4. The van der Waals surface area contributed by atoms with Gasteiger partial charge in [0.05, 0.1) is 11.6 Å². The van der Waals surface area contributed by atoms with Gasteiger partial charge in [-0.2, -0.15) is 0 Å². The monoisotopic (exact) mass is 255 g/mol. The van der Waals surface area contributed by atoms with E-state index in [1.165, 1.54) is 22.9 Å². The number of nitrogens with zero attached hydrogens (tertiary/aromatic N) is 1. The molecule has 0 radical (unpaired) electrons. The van der Waals surface area contributed by atoms with Crippen LogP contribution in [0.2, 0.25) is 0 Å². The SMILES string of the molecule is CCC1SCC(C(=O)O)N1C(=O)c1ccco1. The fourth-order valence-corrected chi connectivity index (χ4v) is 3.21. The Morgan fingerprint density at radius 3 is 2.94 bits per heavy atom. The van der Waals surface area contributed by atoms with E-state index in [2.05, 4.69) is 0 Å². The third-order valence-electron chi connectivity index (χ3n) is 2.69. The highest BCUT2D eigenvalue weighted by atomic mass is 32.2. The molecule has 1 aliphatic heterocycles. The minimum absolute atomic E-state index is 0.0892. The quantitative estimate of drug-likeness (QED) is 0.889. The molecule has 2 unspecified atom stereocenters. The highest BCUT2D eigenvalue weighted by Gasteiger charge is 2.41. The predicted octanol–water partition coefficient (Wildman–Crippen LogP) is 1.66. The summed E-state index contributed by atoms with van der Waals surface area (Å²) >= 11 is 1.50. The summed E-state index contributed by atoms with van der Waals surface area (Å²) in [5.41, 5.74) is 0. The molecule has 1 aromatic heterocycles. The van der Waals surface area contributed by atoms with Crippen molar-refractivity contribution in [1.29, 1.82) is 0 Å². The second-order valence-corrected chi connectivity index (χ2v) is 4.95. The van der Waals surface area contributed by atoms with Gasteiger partial charge in [0.25, 0.3) is 5.91 Å². The van der Waals surface area contributed by atoms with Gasteiger partial charge in [-0.1, -0.05) is 6.92 Å². The van der Waals surface area contributed by atoms with Crippen LogP contribution < -0.4 is 0 Å². The molecule has 2 heterocycles. The smallest absolute Gasteiger partial charge is 0.327 e. The van der Waals surface area contributed by atoms with E-state index in [1.807, 2.05) is 6.92 Å². The van der Waals surface area contributed by atoms with Crippen molar-refractivity contribution in [2.75, 3.05) is 5.75 Å². The second-order valence-electron chi connectivity index (χ2n) is 3.74. The summed E-state index contributed by atoms with van der Waals surface area (Å²) in [6, 6.07) is 2.41. The van der Waals surface area contributed by atoms with Gasteiger partial charge >= 0.3 is 5.97 Å². The van der Waals surface area contributed by atoms with E-state index in [-0.39, 0.29) is 17.0 Å². The molecular weight excluding hydrogens is 242 g/mol. The summed E-state index contributed by atoms with van der Waals surface area (Å²) in [6.45, 7) is 1.93.